The number of nitrogens with zero attached hydrogens (tertiary/aromatic N) is 2. The predicted molar refractivity (Wildman–Crippen MR) is 127 cm³/mol. The molecule has 0 atom stereocenters. The van der Waals surface area contributed by atoms with Crippen molar-refractivity contribution in [3.05, 3.63) is 59.1 Å². The minimum atomic E-state index is -3.61. The van der Waals surface area contributed by atoms with E-state index in [4.69, 9.17) is 11.6 Å². The lowest BCUT2D eigenvalue weighted by molar-refractivity contribution is 0.251. The van der Waals surface area contributed by atoms with Crippen LogP contribution in [0.4, 0.5) is 10.5 Å². The molecule has 1 heterocycles. The maximum atomic E-state index is 13.1. The second-order valence-corrected chi connectivity index (χ2v) is 11.1. The molecule has 1 aliphatic heterocycles. The number of halogens is 1. The van der Waals surface area contributed by atoms with Gasteiger partial charge in [0, 0.05) is 42.3 Å². The molecule has 2 amide bonds. The molecule has 7 nitrogen and oxygen atoms in total. The van der Waals surface area contributed by atoms with Gasteiger partial charge in [0.25, 0.3) is 0 Å². The minimum Gasteiger partial charge on any atom is -0.337 e. The van der Waals surface area contributed by atoms with Gasteiger partial charge < -0.3 is 15.5 Å². The number of anilines is 1. The molecule has 0 bridgehead atoms. The van der Waals surface area contributed by atoms with Gasteiger partial charge in [-0.2, -0.15) is 4.31 Å². The molecule has 0 aromatic heterocycles. The van der Waals surface area contributed by atoms with E-state index in [1.807, 2.05) is 31.3 Å². The Balaban J connectivity index is 1.38. The second-order valence-electron chi connectivity index (χ2n) is 8.68. The molecular formula is C23H29ClN4O3S. The average Bonchev–Trinajstić information content (AvgIpc) is 3.58. The summed E-state index contributed by atoms with van der Waals surface area (Å²) in [6.07, 6.45) is 2.81. The topological polar surface area (TPSA) is 81.8 Å². The number of nitrogens with one attached hydrogen (secondary N) is 2. The number of sulfonamides is 1. The normalized spacial score (nSPS) is 19.2. The zero-order valence-corrected chi connectivity index (χ0v) is 19.8. The summed E-state index contributed by atoms with van der Waals surface area (Å²) in [6, 6.07) is 13.8. The van der Waals surface area contributed by atoms with Crippen molar-refractivity contribution in [2.75, 3.05) is 45.1 Å². The number of hydrogen-bond donors (Lipinski definition) is 2. The Kier molecular flexibility index (Phi) is 6.76. The first-order valence-electron chi connectivity index (χ1n) is 10.9. The van der Waals surface area contributed by atoms with E-state index in [0.29, 0.717) is 36.9 Å². The van der Waals surface area contributed by atoms with E-state index in [1.54, 1.807) is 18.2 Å². The van der Waals surface area contributed by atoms with Crippen LogP contribution in [0.25, 0.3) is 0 Å². The first kappa shape index (κ1) is 23.0. The Morgan fingerprint density at radius 2 is 1.81 bits per heavy atom. The Labute approximate surface area is 194 Å². The fourth-order valence-electron chi connectivity index (χ4n) is 4.09. The lowest BCUT2D eigenvalue weighted by Crippen LogP contribution is -2.36. The fourth-order valence-corrected chi connectivity index (χ4v) is 5.74. The van der Waals surface area contributed by atoms with Gasteiger partial charge in [-0.15, -0.1) is 0 Å². The summed E-state index contributed by atoms with van der Waals surface area (Å²) in [4.78, 5) is 14.8. The summed E-state index contributed by atoms with van der Waals surface area (Å²) in [7, 11) is -1.61. The molecule has 9 heteroatoms. The first-order chi connectivity index (χ1) is 15.3. The molecule has 0 spiro atoms. The maximum Gasteiger partial charge on any atom is 0.319 e. The van der Waals surface area contributed by atoms with Gasteiger partial charge in [0.2, 0.25) is 10.0 Å². The maximum absolute atomic E-state index is 13.1. The van der Waals surface area contributed by atoms with Crippen LogP contribution >= 0.6 is 11.6 Å². The highest BCUT2D eigenvalue weighted by atomic mass is 35.5. The average molecular weight is 477 g/mol. The molecule has 1 saturated carbocycles. The number of amides is 2. The number of rotatable bonds is 6. The summed E-state index contributed by atoms with van der Waals surface area (Å²) in [5.74, 6) is 0. The predicted octanol–water partition coefficient (Wildman–Crippen LogP) is 3.52. The van der Waals surface area contributed by atoms with Gasteiger partial charge in [-0.05, 0) is 68.8 Å². The molecule has 1 saturated heterocycles. The van der Waals surface area contributed by atoms with Crippen LogP contribution in [0.1, 0.15) is 24.8 Å². The van der Waals surface area contributed by atoms with Gasteiger partial charge in [-0.1, -0.05) is 29.8 Å². The van der Waals surface area contributed by atoms with Crippen molar-refractivity contribution < 1.29 is 13.2 Å². The van der Waals surface area contributed by atoms with Crippen LogP contribution in [0.5, 0.6) is 0 Å². The van der Waals surface area contributed by atoms with E-state index in [-0.39, 0.29) is 16.3 Å². The van der Waals surface area contributed by atoms with E-state index < -0.39 is 10.0 Å². The Hall–Kier alpha value is -2.13. The van der Waals surface area contributed by atoms with E-state index in [2.05, 4.69) is 15.5 Å². The summed E-state index contributed by atoms with van der Waals surface area (Å²) in [5, 5.41) is 6.40. The van der Waals surface area contributed by atoms with Crippen molar-refractivity contribution >= 4 is 33.3 Å². The quantitative estimate of drug-likeness (QED) is 0.668. The molecule has 4 rings (SSSR count). The summed E-state index contributed by atoms with van der Waals surface area (Å²) in [5.41, 5.74) is 1.57. The van der Waals surface area contributed by atoms with E-state index in [0.717, 1.165) is 25.8 Å². The highest BCUT2D eigenvalue weighted by molar-refractivity contribution is 7.89. The van der Waals surface area contributed by atoms with Gasteiger partial charge >= 0.3 is 6.03 Å². The molecule has 2 N–H and O–H groups in total. The molecule has 2 aromatic rings. The summed E-state index contributed by atoms with van der Waals surface area (Å²) in [6.45, 7) is 3.06. The Morgan fingerprint density at radius 3 is 2.53 bits per heavy atom. The highest BCUT2D eigenvalue weighted by Crippen LogP contribution is 2.47. The highest BCUT2D eigenvalue weighted by Gasteiger charge is 2.44. The van der Waals surface area contributed by atoms with Crippen LogP contribution in [0, 0.1) is 0 Å². The number of likely N-dealkylation sites (N-methyl/N-ethyl adjacent to an activating group) is 1. The summed E-state index contributed by atoms with van der Waals surface area (Å²) >= 11 is 5.98. The van der Waals surface area contributed by atoms with E-state index in [1.165, 1.54) is 15.9 Å². The van der Waals surface area contributed by atoms with Crippen LogP contribution in [0.3, 0.4) is 0 Å². The van der Waals surface area contributed by atoms with Crippen molar-refractivity contribution in [3.8, 4) is 0 Å². The van der Waals surface area contributed by atoms with Gasteiger partial charge in [0.15, 0.2) is 0 Å². The lowest BCUT2D eigenvalue weighted by Gasteiger charge is -2.21. The molecule has 0 radical (unpaired) electrons. The standard InChI is InChI=1S/C23H29ClN4O3S/c1-27-12-3-13-28(15-14-27)32(30,31)21-5-2-4-20(16-21)26-22(29)25-17-23(10-11-23)18-6-8-19(24)9-7-18/h2,4-9,16H,3,10-15,17H2,1H3,(H2,25,26,29). The molecule has 2 aliphatic rings. The fraction of sp³-hybridized carbons (Fsp3) is 0.435. The molecule has 32 heavy (non-hydrogen) atoms. The first-order valence-corrected chi connectivity index (χ1v) is 12.7. The third kappa shape index (κ3) is 5.26. The van der Waals surface area contributed by atoms with Gasteiger partial charge in [-0.3, -0.25) is 0 Å². The molecule has 0 unspecified atom stereocenters. The zero-order valence-electron chi connectivity index (χ0n) is 18.2. The van der Waals surface area contributed by atoms with Crippen molar-refractivity contribution in [2.45, 2.75) is 29.6 Å². The third-order valence-electron chi connectivity index (χ3n) is 6.31. The van der Waals surface area contributed by atoms with Crippen LogP contribution in [0.2, 0.25) is 5.02 Å². The second kappa shape index (κ2) is 9.39. The number of benzene rings is 2. The molecular weight excluding hydrogens is 448 g/mol. The van der Waals surface area contributed by atoms with Gasteiger partial charge in [-0.25, -0.2) is 13.2 Å². The SMILES string of the molecule is CN1CCCN(S(=O)(=O)c2cccc(NC(=O)NCC3(c4ccc(Cl)cc4)CC3)c2)CC1. The zero-order chi connectivity index (χ0) is 22.8. The van der Waals surface area contributed by atoms with Crippen molar-refractivity contribution in [1.82, 2.24) is 14.5 Å². The van der Waals surface area contributed by atoms with Crippen molar-refractivity contribution in [3.63, 3.8) is 0 Å². The third-order valence-corrected chi connectivity index (χ3v) is 8.45. The van der Waals surface area contributed by atoms with Crippen LogP contribution in [-0.4, -0.2) is 63.4 Å². The lowest BCUT2D eigenvalue weighted by atomic mass is 9.96. The Morgan fingerprint density at radius 1 is 1.06 bits per heavy atom. The smallest absolute Gasteiger partial charge is 0.319 e. The van der Waals surface area contributed by atoms with Crippen LogP contribution in [0.15, 0.2) is 53.4 Å². The van der Waals surface area contributed by atoms with Crippen molar-refractivity contribution in [1.29, 1.82) is 0 Å². The Bertz CT molecular complexity index is 1070. The van der Waals surface area contributed by atoms with E-state index in [9.17, 15) is 13.2 Å². The largest absolute Gasteiger partial charge is 0.337 e. The monoisotopic (exact) mass is 476 g/mol. The van der Waals surface area contributed by atoms with Crippen molar-refractivity contribution in [2.24, 2.45) is 0 Å². The number of carbonyl (C=O) groups is 1. The molecule has 2 aromatic carbocycles. The molecule has 172 valence electrons. The number of hydrogen-bond acceptors (Lipinski definition) is 4. The van der Waals surface area contributed by atoms with E-state index >= 15 is 0 Å². The molecule has 2 fully saturated rings. The van der Waals surface area contributed by atoms with Gasteiger partial charge in [0.1, 0.15) is 0 Å². The molecule has 1 aliphatic carbocycles. The number of carbonyl (C=O) groups excluding carboxylic acids is 1. The van der Waals surface area contributed by atoms with Crippen LogP contribution < -0.4 is 10.6 Å². The van der Waals surface area contributed by atoms with Gasteiger partial charge in [0.05, 0.1) is 4.90 Å². The minimum absolute atomic E-state index is 0.0486. The number of urea groups is 1. The summed E-state index contributed by atoms with van der Waals surface area (Å²) < 4.78 is 27.7. The van der Waals surface area contributed by atoms with Crippen LogP contribution in [-0.2, 0) is 15.4 Å².